The van der Waals surface area contributed by atoms with Crippen LogP contribution in [0.15, 0.2) is 24.3 Å². The van der Waals surface area contributed by atoms with Crippen LogP contribution in [-0.4, -0.2) is 42.6 Å². The molecule has 2 fully saturated rings. The minimum absolute atomic E-state index is 0. The fraction of sp³-hybridized carbons (Fsp3) is 0.588. The largest absolute Gasteiger partial charge is 0.364 e. The van der Waals surface area contributed by atoms with Crippen molar-refractivity contribution in [1.29, 1.82) is 0 Å². The van der Waals surface area contributed by atoms with Crippen molar-refractivity contribution in [2.24, 2.45) is 11.7 Å². The summed E-state index contributed by atoms with van der Waals surface area (Å²) < 4.78 is 18.6. The molecular formula is C17H24ClFN2O2. The van der Waals surface area contributed by atoms with Crippen molar-refractivity contribution in [2.45, 2.75) is 37.9 Å². The van der Waals surface area contributed by atoms with Gasteiger partial charge in [0.1, 0.15) is 11.9 Å². The number of ether oxygens (including phenoxy) is 1. The molecule has 2 aliphatic heterocycles. The zero-order valence-corrected chi connectivity index (χ0v) is 13.9. The van der Waals surface area contributed by atoms with E-state index in [0.717, 1.165) is 44.3 Å². The summed E-state index contributed by atoms with van der Waals surface area (Å²) in [5.41, 5.74) is 6.72. The van der Waals surface area contributed by atoms with Gasteiger partial charge >= 0.3 is 0 Å². The first-order valence-corrected chi connectivity index (χ1v) is 8.04. The summed E-state index contributed by atoms with van der Waals surface area (Å²) in [4.78, 5) is 14.4. The van der Waals surface area contributed by atoms with E-state index < -0.39 is 0 Å². The monoisotopic (exact) mass is 342 g/mol. The Morgan fingerprint density at radius 3 is 2.65 bits per heavy atom. The lowest BCUT2D eigenvalue weighted by Crippen LogP contribution is -2.38. The van der Waals surface area contributed by atoms with Crippen molar-refractivity contribution in [3.05, 3.63) is 35.6 Å². The van der Waals surface area contributed by atoms with E-state index in [1.165, 1.54) is 12.1 Å². The highest BCUT2D eigenvalue weighted by atomic mass is 35.5. The molecule has 3 rings (SSSR count). The first kappa shape index (κ1) is 18.2. The molecule has 128 valence electrons. The third-order valence-corrected chi connectivity index (χ3v) is 4.68. The Kier molecular flexibility index (Phi) is 6.39. The van der Waals surface area contributed by atoms with E-state index in [-0.39, 0.29) is 36.3 Å². The Morgan fingerprint density at radius 2 is 2.00 bits per heavy atom. The molecule has 0 aromatic heterocycles. The molecule has 0 aliphatic carbocycles. The van der Waals surface area contributed by atoms with E-state index in [2.05, 4.69) is 0 Å². The van der Waals surface area contributed by atoms with E-state index >= 15 is 0 Å². The number of nitrogens with two attached hydrogens (primary N) is 1. The third kappa shape index (κ3) is 4.43. The number of carbonyl (C=O) groups is 1. The summed E-state index contributed by atoms with van der Waals surface area (Å²) in [5, 5.41) is 0. The average molecular weight is 343 g/mol. The molecule has 1 aromatic rings. The van der Waals surface area contributed by atoms with E-state index in [0.29, 0.717) is 12.5 Å². The smallest absolute Gasteiger partial charge is 0.251 e. The number of carbonyl (C=O) groups excluding carboxylic acids is 1. The standard InChI is InChI=1S/C17H23FN2O2.ClH/c18-14-3-1-12(2-4-14)9-13-7-8-20(11-13)17(21)16-6-5-15(10-19)22-16;/h1-4,13,15-16H,5-11,19H2;1H/t13?,15-,16+;/m1./s1. The Labute approximate surface area is 142 Å². The molecule has 0 bridgehead atoms. The maximum atomic E-state index is 12.9. The van der Waals surface area contributed by atoms with Gasteiger partial charge in [-0.1, -0.05) is 12.1 Å². The summed E-state index contributed by atoms with van der Waals surface area (Å²) in [6.07, 6.45) is 3.27. The van der Waals surface area contributed by atoms with E-state index in [1.807, 2.05) is 17.0 Å². The van der Waals surface area contributed by atoms with E-state index in [4.69, 9.17) is 10.5 Å². The average Bonchev–Trinajstić information content (AvgIpc) is 3.18. The van der Waals surface area contributed by atoms with Crippen LogP contribution >= 0.6 is 12.4 Å². The fourth-order valence-corrected chi connectivity index (χ4v) is 3.42. The summed E-state index contributed by atoms with van der Waals surface area (Å²) in [6.45, 7) is 2.04. The number of nitrogens with zero attached hydrogens (tertiary/aromatic N) is 1. The van der Waals surface area contributed by atoms with Gasteiger partial charge in [-0.25, -0.2) is 4.39 Å². The lowest BCUT2D eigenvalue weighted by atomic mass is 9.99. The molecule has 2 aliphatic rings. The minimum Gasteiger partial charge on any atom is -0.364 e. The summed E-state index contributed by atoms with van der Waals surface area (Å²) in [5.74, 6) is 0.346. The molecule has 2 heterocycles. The van der Waals surface area contributed by atoms with Crippen LogP contribution in [0, 0.1) is 11.7 Å². The van der Waals surface area contributed by atoms with E-state index in [1.54, 1.807) is 0 Å². The zero-order chi connectivity index (χ0) is 15.5. The van der Waals surface area contributed by atoms with Crippen LogP contribution in [0.1, 0.15) is 24.8 Å². The molecule has 23 heavy (non-hydrogen) atoms. The van der Waals surface area contributed by atoms with Gasteiger partial charge in [-0.15, -0.1) is 12.4 Å². The van der Waals surface area contributed by atoms with Gasteiger partial charge in [0, 0.05) is 19.6 Å². The first-order chi connectivity index (χ1) is 10.7. The lowest BCUT2D eigenvalue weighted by Gasteiger charge is -2.21. The van der Waals surface area contributed by atoms with Crippen LogP contribution in [0.2, 0.25) is 0 Å². The van der Waals surface area contributed by atoms with Crippen molar-refractivity contribution >= 4 is 18.3 Å². The molecule has 1 unspecified atom stereocenters. The van der Waals surface area contributed by atoms with Crippen LogP contribution in [0.3, 0.4) is 0 Å². The molecule has 0 radical (unpaired) electrons. The van der Waals surface area contributed by atoms with Crippen molar-refractivity contribution in [3.8, 4) is 0 Å². The Balaban J connectivity index is 0.00000192. The molecular weight excluding hydrogens is 319 g/mol. The van der Waals surface area contributed by atoms with Crippen LogP contribution < -0.4 is 5.73 Å². The number of benzene rings is 1. The molecule has 2 N–H and O–H groups in total. The van der Waals surface area contributed by atoms with Gasteiger partial charge in [-0.3, -0.25) is 4.79 Å². The second-order valence-corrected chi connectivity index (χ2v) is 6.33. The summed E-state index contributed by atoms with van der Waals surface area (Å²) in [6, 6.07) is 6.64. The number of hydrogen-bond acceptors (Lipinski definition) is 3. The van der Waals surface area contributed by atoms with Crippen molar-refractivity contribution in [2.75, 3.05) is 19.6 Å². The predicted molar refractivity (Wildman–Crippen MR) is 89.0 cm³/mol. The van der Waals surface area contributed by atoms with Crippen LogP contribution in [0.4, 0.5) is 4.39 Å². The molecule has 0 spiro atoms. The van der Waals surface area contributed by atoms with Gasteiger partial charge in [0.15, 0.2) is 0 Å². The molecule has 0 saturated carbocycles. The second-order valence-electron chi connectivity index (χ2n) is 6.33. The highest BCUT2D eigenvalue weighted by molar-refractivity contribution is 5.85. The number of amides is 1. The summed E-state index contributed by atoms with van der Waals surface area (Å²) in [7, 11) is 0. The zero-order valence-electron chi connectivity index (χ0n) is 13.1. The quantitative estimate of drug-likeness (QED) is 0.912. The summed E-state index contributed by atoms with van der Waals surface area (Å²) >= 11 is 0. The third-order valence-electron chi connectivity index (χ3n) is 4.68. The fourth-order valence-electron chi connectivity index (χ4n) is 3.42. The van der Waals surface area contributed by atoms with Gasteiger partial charge in [0.2, 0.25) is 0 Å². The highest BCUT2D eigenvalue weighted by Crippen LogP contribution is 2.26. The van der Waals surface area contributed by atoms with Gasteiger partial charge in [0.25, 0.3) is 5.91 Å². The van der Waals surface area contributed by atoms with Gasteiger partial charge < -0.3 is 15.4 Å². The Bertz CT molecular complexity index is 526. The first-order valence-electron chi connectivity index (χ1n) is 8.04. The predicted octanol–water partition coefficient (Wildman–Crippen LogP) is 2.14. The second kappa shape index (κ2) is 8.08. The van der Waals surface area contributed by atoms with E-state index in [9.17, 15) is 9.18 Å². The van der Waals surface area contributed by atoms with Crippen molar-refractivity contribution in [3.63, 3.8) is 0 Å². The Morgan fingerprint density at radius 1 is 1.26 bits per heavy atom. The van der Waals surface area contributed by atoms with Crippen LogP contribution in [0.25, 0.3) is 0 Å². The molecule has 4 nitrogen and oxygen atoms in total. The molecule has 6 heteroatoms. The highest BCUT2D eigenvalue weighted by Gasteiger charge is 2.35. The lowest BCUT2D eigenvalue weighted by molar-refractivity contribution is -0.141. The maximum Gasteiger partial charge on any atom is 0.251 e. The number of rotatable bonds is 4. The molecule has 3 atom stereocenters. The Hall–Kier alpha value is -1.17. The number of likely N-dealkylation sites (tertiary alicyclic amines) is 1. The SMILES string of the molecule is Cl.NC[C@H]1CC[C@@H](C(=O)N2CCC(Cc3ccc(F)cc3)C2)O1. The van der Waals surface area contributed by atoms with Crippen molar-refractivity contribution in [1.82, 2.24) is 4.90 Å². The minimum atomic E-state index is -0.307. The van der Waals surface area contributed by atoms with Crippen LogP contribution in [0.5, 0.6) is 0 Å². The van der Waals surface area contributed by atoms with Crippen molar-refractivity contribution < 1.29 is 13.9 Å². The van der Waals surface area contributed by atoms with Gasteiger partial charge in [0.05, 0.1) is 6.10 Å². The number of halogens is 2. The maximum absolute atomic E-state index is 12.9. The van der Waals surface area contributed by atoms with Crippen LogP contribution in [-0.2, 0) is 16.0 Å². The molecule has 1 amide bonds. The number of hydrogen-bond donors (Lipinski definition) is 1. The normalized spacial score (nSPS) is 27.0. The molecule has 1 aromatic carbocycles. The topological polar surface area (TPSA) is 55.6 Å². The van der Waals surface area contributed by atoms with Gasteiger partial charge in [-0.05, 0) is 49.3 Å². The molecule has 2 saturated heterocycles. The van der Waals surface area contributed by atoms with Gasteiger partial charge in [-0.2, -0.15) is 0 Å².